The molecule has 2 amide bonds. The van der Waals surface area contributed by atoms with Crippen molar-refractivity contribution in [2.75, 3.05) is 5.32 Å². The van der Waals surface area contributed by atoms with Crippen LogP contribution in [0.1, 0.15) is 19.4 Å². The molecule has 0 unspecified atom stereocenters. The van der Waals surface area contributed by atoms with Crippen molar-refractivity contribution in [2.45, 2.75) is 25.7 Å². The number of ketones is 1. The molecule has 1 aliphatic rings. The lowest BCUT2D eigenvalue weighted by Gasteiger charge is -2.17. The van der Waals surface area contributed by atoms with E-state index in [4.69, 9.17) is 11.6 Å². The number of hydrogen-bond acceptors (Lipinski definition) is 4. The lowest BCUT2D eigenvalue weighted by molar-refractivity contribution is -0.111. The first-order valence-corrected chi connectivity index (χ1v) is 10.9. The molecule has 2 aromatic carbocycles. The molecular formula is C22H19ClN2O4S. The van der Waals surface area contributed by atoms with E-state index in [0.29, 0.717) is 16.3 Å². The number of aliphatic imine (C=N–C) groups is 1. The standard InChI is InChI=1S/C22H19ClN2O4S/c1-13-7-9-18(10-8-13)30(28,29)20-12-19(14(2)15(3)21(20)26)25-22(27)24-17-6-4-5-16(23)11-17/h4-12H,1-3H3,(H,24,27). The van der Waals surface area contributed by atoms with Gasteiger partial charge in [-0.2, -0.15) is 4.99 Å². The van der Waals surface area contributed by atoms with Crippen LogP contribution >= 0.6 is 11.6 Å². The van der Waals surface area contributed by atoms with Gasteiger partial charge in [-0.1, -0.05) is 35.4 Å². The lowest BCUT2D eigenvalue weighted by Crippen LogP contribution is -2.23. The number of amides is 2. The predicted molar refractivity (Wildman–Crippen MR) is 118 cm³/mol. The van der Waals surface area contributed by atoms with Crippen molar-refractivity contribution in [1.29, 1.82) is 0 Å². The predicted octanol–water partition coefficient (Wildman–Crippen LogP) is 4.90. The van der Waals surface area contributed by atoms with E-state index in [-0.39, 0.29) is 16.2 Å². The second-order valence-corrected chi connectivity index (χ2v) is 9.20. The number of urea groups is 1. The zero-order valence-electron chi connectivity index (χ0n) is 16.6. The molecule has 0 saturated carbocycles. The molecule has 30 heavy (non-hydrogen) atoms. The van der Waals surface area contributed by atoms with Crippen LogP contribution in [0.5, 0.6) is 0 Å². The van der Waals surface area contributed by atoms with E-state index in [1.54, 1.807) is 43.3 Å². The summed E-state index contributed by atoms with van der Waals surface area (Å²) < 4.78 is 26.1. The van der Waals surface area contributed by atoms with E-state index in [1.165, 1.54) is 19.1 Å². The smallest absolute Gasteiger partial charge is 0.306 e. The summed E-state index contributed by atoms with van der Waals surface area (Å²) in [5.41, 5.74) is 2.10. The fourth-order valence-corrected chi connectivity index (χ4v) is 4.43. The van der Waals surface area contributed by atoms with E-state index in [0.717, 1.165) is 11.6 Å². The Labute approximate surface area is 179 Å². The molecule has 0 radical (unpaired) electrons. The summed E-state index contributed by atoms with van der Waals surface area (Å²) in [7, 11) is -4.07. The minimum absolute atomic E-state index is 0.00258. The van der Waals surface area contributed by atoms with Crippen LogP contribution in [0, 0.1) is 6.92 Å². The Morgan fingerprint density at radius 3 is 2.30 bits per heavy atom. The fourth-order valence-electron chi connectivity index (χ4n) is 2.83. The molecule has 0 bridgehead atoms. The molecule has 6 nitrogen and oxygen atoms in total. The number of sulfone groups is 1. The first-order chi connectivity index (χ1) is 14.1. The number of rotatable bonds is 3. The molecule has 1 N–H and O–H groups in total. The topological polar surface area (TPSA) is 92.7 Å². The van der Waals surface area contributed by atoms with Crippen molar-refractivity contribution in [1.82, 2.24) is 0 Å². The van der Waals surface area contributed by atoms with Gasteiger partial charge in [0.1, 0.15) is 4.91 Å². The summed E-state index contributed by atoms with van der Waals surface area (Å²) in [5.74, 6) is -0.609. The van der Waals surface area contributed by atoms with Crippen molar-refractivity contribution in [3.63, 3.8) is 0 Å². The van der Waals surface area contributed by atoms with Gasteiger partial charge in [-0.25, -0.2) is 13.2 Å². The summed E-state index contributed by atoms with van der Waals surface area (Å²) in [5, 5.41) is 3.02. The van der Waals surface area contributed by atoms with Gasteiger partial charge in [-0.15, -0.1) is 0 Å². The number of hydrogen-bond donors (Lipinski definition) is 1. The third kappa shape index (κ3) is 4.42. The SMILES string of the molecule is CC1=C(C)C(=NC(=O)Nc2cccc(Cl)c2)C=C(S(=O)(=O)c2ccc(C)cc2)C1=O. The summed E-state index contributed by atoms with van der Waals surface area (Å²) in [6.07, 6.45) is 1.15. The highest BCUT2D eigenvalue weighted by Gasteiger charge is 2.32. The van der Waals surface area contributed by atoms with Crippen molar-refractivity contribution in [2.24, 2.45) is 4.99 Å². The number of benzene rings is 2. The fraction of sp³-hybridized carbons (Fsp3) is 0.136. The minimum Gasteiger partial charge on any atom is -0.306 e. The van der Waals surface area contributed by atoms with Gasteiger partial charge in [-0.3, -0.25) is 4.79 Å². The zero-order chi connectivity index (χ0) is 22.1. The second kappa shape index (κ2) is 8.38. The Morgan fingerprint density at radius 1 is 1.00 bits per heavy atom. The number of allylic oxidation sites excluding steroid dienone is 4. The van der Waals surface area contributed by atoms with Crippen LogP contribution in [-0.4, -0.2) is 25.9 Å². The summed E-state index contributed by atoms with van der Waals surface area (Å²) in [6, 6.07) is 12.0. The molecule has 0 saturated heterocycles. The van der Waals surface area contributed by atoms with Crippen molar-refractivity contribution >= 4 is 44.7 Å². The minimum atomic E-state index is -4.07. The van der Waals surface area contributed by atoms with Gasteiger partial charge in [0.25, 0.3) is 0 Å². The Bertz CT molecular complexity index is 1240. The zero-order valence-corrected chi connectivity index (χ0v) is 18.1. The number of carbonyl (C=O) groups is 2. The molecule has 0 heterocycles. The normalized spacial score (nSPS) is 15.9. The summed E-state index contributed by atoms with van der Waals surface area (Å²) in [4.78, 5) is 28.6. The van der Waals surface area contributed by atoms with E-state index >= 15 is 0 Å². The van der Waals surface area contributed by atoms with Gasteiger partial charge >= 0.3 is 6.03 Å². The van der Waals surface area contributed by atoms with Gasteiger partial charge in [0.2, 0.25) is 15.6 Å². The average Bonchev–Trinajstić information content (AvgIpc) is 2.68. The van der Waals surface area contributed by atoms with Gasteiger partial charge in [0.05, 0.1) is 10.6 Å². The maximum Gasteiger partial charge on any atom is 0.345 e. The van der Waals surface area contributed by atoms with Crippen LogP contribution in [-0.2, 0) is 14.6 Å². The maximum atomic E-state index is 13.0. The molecule has 0 fully saturated rings. The van der Waals surface area contributed by atoms with Gasteiger partial charge < -0.3 is 5.32 Å². The molecular weight excluding hydrogens is 424 g/mol. The first-order valence-electron chi connectivity index (χ1n) is 9.01. The molecule has 8 heteroatoms. The average molecular weight is 443 g/mol. The number of nitrogens with zero attached hydrogens (tertiary/aromatic N) is 1. The van der Waals surface area contributed by atoms with E-state index in [1.807, 2.05) is 6.92 Å². The highest BCUT2D eigenvalue weighted by atomic mass is 35.5. The maximum absolute atomic E-state index is 13.0. The molecule has 0 atom stereocenters. The van der Waals surface area contributed by atoms with E-state index in [9.17, 15) is 18.0 Å². The third-order valence-electron chi connectivity index (χ3n) is 4.70. The third-order valence-corrected chi connectivity index (χ3v) is 6.71. The highest BCUT2D eigenvalue weighted by Crippen LogP contribution is 2.28. The van der Waals surface area contributed by atoms with Crippen molar-refractivity contribution < 1.29 is 18.0 Å². The number of carbonyl (C=O) groups excluding carboxylic acids is 2. The Morgan fingerprint density at radius 2 is 1.67 bits per heavy atom. The largest absolute Gasteiger partial charge is 0.345 e. The van der Waals surface area contributed by atoms with Crippen LogP contribution < -0.4 is 5.32 Å². The lowest BCUT2D eigenvalue weighted by atomic mass is 9.96. The molecule has 3 rings (SSSR count). The molecule has 0 aromatic heterocycles. The van der Waals surface area contributed by atoms with E-state index < -0.39 is 26.6 Å². The van der Waals surface area contributed by atoms with Crippen LogP contribution in [0.3, 0.4) is 0 Å². The van der Waals surface area contributed by atoms with Gasteiger partial charge in [0, 0.05) is 16.3 Å². The monoisotopic (exact) mass is 442 g/mol. The Kier molecular flexibility index (Phi) is 6.05. The van der Waals surface area contributed by atoms with Gasteiger partial charge in [0.15, 0.2) is 0 Å². The van der Waals surface area contributed by atoms with Crippen LogP contribution in [0.4, 0.5) is 10.5 Å². The second-order valence-electron chi connectivity index (χ2n) is 6.84. The molecule has 1 aliphatic carbocycles. The van der Waals surface area contributed by atoms with E-state index in [2.05, 4.69) is 10.3 Å². The number of Topliss-reactive ketones (excluding diaryl/α,β-unsaturated/α-hetero) is 1. The van der Waals surface area contributed by atoms with Crippen LogP contribution in [0.2, 0.25) is 5.02 Å². The van der Waals surface area contributed by atoms with Gasteiger partial charge in [-0.05, 0) is 62.8 Å². The molecule has 2 aromatic rings. The van der Waals surface area contributed by atoms with Crippen molar-refractivity contribution in [3.8, 4) is 0 Å². The number of anilines is 1. The van der Waals surface area contributed by atoms with Crippen molar-refractivity contribution in [3.05, 3.63) is 81.2 Å². The molecule has 154 valence electrons. The van der Waals surface area contributed by atoms with Crippen LogP contribution in [0.15, 0.2) is 80.5 Å². The number of aryl methyl sites for hydroxylation is 1. The number of nitrogens with one attached hydrogen (secondary N) is 1. The Hall–Kier alpha value is -3.03. The van der Waals surface area contributed by atoms with Crippen LogP contribution in [0.25, 0.3) is 0 Å². The highest BCUT2D eigenvalue weighted by molar-refractivity contribution is 7.96. The first kappa shape index (κ1) is 21.7. The Balaban J connectivity index is 2.00. The number of halogens is 1. The summed E-state index contributed by atoms with van der Waals surface area (Å²) >= 11 is 5.91. The molecule has 0 aliphatic heterocycles. The quantitative estimate of drug-likeness (QED) is 0.684. The summed E-state index contributed by atoms with van der Waals surface area (Å²) in [6.45, 7) is 4.96. The molecule has 0 spiro atoms.